The van der Waals surface area contributed by atoms with Gasteiger partial charge in [-0.1, -0.05) is 159 Å². The number of ether oxygens (including phenoxy) is 2. The fraction of sp³-hybridized carbons (Fsp3) is 0.353. The molecule has 1 aliphatic heterocycles. The molecule has 304 valence electrons. The molecule has 8 rings (SSSR count). The van der Waals surface area contributed by atoms with Crippen LogP contribution < -0.4 is 0 Å². The van der Waals surface area contributed by atoms with Crippen LogP contribution in [0.15, 0.2) is 127 Å². The molecule has 0 radical (unpaired) electrons. The molecule has 5 aromatic rings. The number of rotatable bonds is 11. The molecule has 0 aromatic heterocycles. The van der Waals surface area contributed by atoms with Crippen molar-refractivity contribution in [2.45, 2.75) is 87.7 Å². The number of esters is 1. The largest absolute Gasteiger partial charge is 0.448 e. The Labute approximate surface area is 353 Å². The van der Waals surface area contributed by atoms with E-state index in [-0.39, 0.29) is 24.9 Å². The Hall–Kier alpha value is -5.40. The summed E-state index contributed by atoms with van der Waals surface area (Å²) in [5, 5.41) is 0.439. The number of carbonyl (C=O) groups is 3. The molecule has 8 heteroatoms. The van der Waals surface area contributed by atoms with Crippen LogP contribution in [-0.2, 0) is 24.7 Å². The van der Waals surface area contributed by atoms with Crippen LogP contribution in [0.4, 0.5) is 4.79 Å². The molecule has 1 saturated heterocycles. The number of fused-ring (bicyclic) bond motifs is 3. The molecular weight excluding hydrogens is 756 g/mol. The number of halogens is 1. The second-order valence-corrected chi connectivity index (χ2v) is 16.7. The number of hydrogen-bond donors (Lipinski definition) is 0. The van der Waals surface area contributed by atoms with Crippen LogP contribution in [0, 0.1) is 0 Å². The molecule has 2 aliphatic carbocycles. The number of amides is 2. The molecule has 1 unspecified atom stereocenters. The third-order valence-electron chi connectivity index (χ3n) is 12.7. The molecular formula is C51H53ClN2O5. The first-order valence-corrected chi connectivity index (χ1v) is 21.7. The maximum absolute atomic E-state index is 14.8. The van der Waals surface area contributed by atoms with Gasteiger partial charge >= 0.3 is 12.1 Å². The van der Waals surface area contributed by atoms with Gasteiger partial charge in [-0.25, -0.2) is 4.79 Å². The average Bonchev–Trinajstić information content (AvgIpc) is 3.39. The number of likely N-dealkylation sites (tertiary alicyclic amines) is 1. The van der Waals surface area contributed by atoms with Gasteiger partial charge in [0.25, 0.3) is 0 Å². The van der Waals surface area contributed by atoms with E-state index < -0.39 is 23.7 Å². The first-order valence-electron chi connectivity index (χ1n) is 21.3. The van der Waals surface area contributed by atoms with Crippen molar-refractivity contribution in [3.63, 3.8) is 0 Å². The van der Waals surface area contributed by atoms with Gasteiger partial charge in [0.15, 0.2) is 5.60 Å². The standard InChI is InChI=1S/C51H53ClN2O5/c1-53(50(57)58-35-44-42-24-12-10-22-40(42)41-23-11-13-25-43(41)44)47(49(56)54-32-16-5-17-33-54)34-48(55)59-51(38-20-8-4-9-21-38,45-26-14-15-27-46(45)52)39-30-28-37(29-31-39)36-18-6-2-3-7-19-36/h4,8-15,20-31,36,44,47H,2-3,5-7,16-19,32-35H2,1H3/t47-,51?/m0/s1. The Morgan fingerprint density at radius 3 is 1.90 bits per heavy atom. The molecule has 1 saturated carbocycles. The summed E-state index contributed by atoms with van der Waals surface area (Å²) in [5.41, 5.74) is 6.31. The van der Waals surface area contributed by atoms with Gasteiger partial charge in [-0.2, -0.15) is 0 Å². The SMILES string of the molecule is CN(C(=O)OCC1c2ccccc2-c2ccccc21)[C@@H](CC(=O)OC(c1ccccc1)(c1ccc(C2CCCCCC2)cc1)c1ccccc1Cl)C(=O)N1CCCCC1. The lowest BCUT2D eigenvalue weighted by Crippen LogP contribution is -2.52. The highest BCUT2D eigenvalue weighted by atomic mass is 35.5. The van der Waals surface area contributed by atoms with Crippen molar-refractivity contribution in [1.29, 1.82) is 0 Å². The zero-order valence-electron chi connectivity index (χ0n) is 33.9. The Morgan fingerprint density at radius 1 is 0.695 bits per heavy atom. The predicted octanol–water partition coefficient (Wildman–Crippen LogP) is 11.3. The summed E-state index contributed by atoms with van der Waals surface area (Å²) in [7, 11) is 1.55. The van der Waals surface area contributed by atoms with Gasteiger partial charge in [0.2, 0.25) is 5.91 Å². The van der Waals surface area contributed by atoms with Crippen LogP contribution in [0.3, 0.4) is 0 Å². The summed E-state index contributed by atoms with van der Waals surface area (Å²) in [6.45, 7) is 1.21. The van der Waals surface area contributed by atoms with E-state index in [2.05, 4.69) is 48.5 Å². The lowest BCUT2D eigenvalue weighted by molar-refractivity contribution is -0.157. The van der Waals surface area contributed by atoms with Gasteiger partial charge in [0.05, 0.1) is 6.42 Å². The first-order chi connectivity index (χ1) is 28.8. The first kappa shape index (κ1) is 40.4. The van der Waals surface area contributed by atoms with Crippen molar-refractivity contribution < 1.29 is 23.9 Å². The molecule has 2 amide bonds. The van der Waals surface area contributed by atoms with Crippen LogP contribution in [0.2, 0.25) is 5.02 Å². The van der Waals surface area contributed by atoms with Crippen molar-refractivity contribution in [3.05, 3.63) is 166 Å². The number of benzene rings is 5. The molecule has 2 fully saturated rings. The minimum atomic E-state index is -1.46. The van der Waals surface area contributed by atoms with Crippen LogP contribution in [-0.4, -0.2) is 60.6 Å². The van der Waals surface area contributed by atoms with E-state index in [1.54, 1.807) is 18.0 Å². The number of nitrogens with zero attached hydrogens (tertiary/aromatic N) is 2. The maximum atomic E-state index is 14.8. The molecule has 7 nitrogen and oxygen atoms in total. The van der Waals surface area contributed by atoms with Crippen molar-refractivity contribution in [2.24, 2.45) is 0 Å². The van der Waals surface area contributed by atoms with Crippen molar-refractivity contribution >= 4 is 29.6 Å². The normalized spacial score (nSPS) is 17.2. The van der Waals surface area contributed by atoms with Gasteiger partial charge in [0.1, 0.15) is 12.6 Å². The summed E-state index contributed by atoms with van der Waals surface area (Å²) in [5.74, 6) is -0.615. The number of carbonyl (C=O) groups excluding carboxylic acids is 3. The number of likely N-dealkylation sites (N-methyl/N-ethyl adjacent to an activating group) is 1. The molecule has 1 heterocycles. The minimum absolute atomic E-state index is 0.0900. The smallest absolute Gasteiger partial charge is 0.410 e. The average molecular weight is 809 g/mol. The van der Waals surface area contributed by atoms with E-state index in [1.165, 1.54) is 36.1 Å². The Morgan fingerprint density at radius 2 is 1.25 bits per heavy atom. The Kier molecular flexibility index (Phi) is 12.5. The highest BCUT2D eigenvalue weighted by Crippen LogP contribution is 2.46. The monoisotopic (exact) mass is 808 g/mol. The second kappa shape index (κ2) is 18.3. The lowest BCUT2D eigenvalue weighted by Gasteiger charge is -2.37. The number of piperidine rings is 1. The molecule has 0 bridgehead atoms. The fourth-order valence-electron chi connectivity index (χ4n) is 9.58. The highest BCUT2D eigenvalue weighted by Gasteiger charge is 2.44. The minimum Gasteiger partial charge on any atom is -0.448 e. The van der Waals surface area contributed by atoms with Crippen molar-refractivity contribution in [2.75, 3.05) is 26.7 Å². The molecule has 0 spiro atoms. The third-order valence-corrected chi connectivity index (χ3v) is 13.1. The second-order valence-electron chi connectivity index (χ2n) is 16.3. The summed E-state index contributed by atoms with van der Waals surface area (Å²) < 4.78 is 12.9. The van der Waals surface area contributed by atoms with Gasteiger partial charge < -0.3 is 14.4 Å². The summed E-state index contributed by atoms with van der Waals surface area (Å²) >= 11 is 7.04. The molecule has 0 N–H and O–H groups in total. The van der Waals surface area contributed by atoms with Gasteiger partial charge in [0, 0.05) is 47.8 Å². The van der Waals surface area contributed by atoms with Gasteiger partial charge in [-0.15, -0.1) is 0 Å². The van der Waals surface area contributed by atoms with E-state index in [0.29, 0.717) is 35.2 Å². The molecule has 2 atom stereocenters. The zero-order valence-corrected chi connectivity index (χ0v) is 34.6. The Bertz CT molecular complexity index is 2200. The van der Waals surface area contributed by atoms with E-state index in [4.69, 9.17) is 21.1 Å². The molecule has 59 heavy (non-hydrogen) atoms. The highest BCUT2D eigenvalue weighted by molar-refractivity contribution is 6.31. The molecule has 5 aromatic carbocycles. The zero-order chi connectivity index (χ0) is 40.8. The van der Waals surface area contributed by atoms with E-state index in [0.717, 1.165) is 59.9 Å². The molecule has 3 aliphatic rings. The third kappa shape index (κ3) is 8.40. The van der Waals surface area contributed by atoms with E-state index in [9.17, 15) is 14.4 Å². The van der Waals surface area contributed by atoms with Crippen molar-refractivity contribution in [1.82, 2.24) is 9.80 Å². The number of hydrogen-bond acceptors (Lipinski definition) is 5. The maximum Gasteiger partial charge on any atom is 0.410 e. The van der Waals surface area contributed by atoms with Crippen molar-refractivity contribution in [3.8, 4) is 11.1 Å². The lowest BCUT2D eigenvalue weighted by atomic mass is 9.79. The van der Waals surface area contributed by atoms with Crippen LogP contribution in [0.5, 0.6) is 0 Å². The van der Waals surface area contributed by atoms with Crippen LogP contribution >= 0.6 is 11.6 Å². The predicted molar refractivity (Wildman–Crippen MR) is 232 cm³/mol. The summed E-state index contributed by atoms with van der Waals surface area (Å²) in [6.07, 6.45) is 8.99. The summed E-state index contributed by atoms with van der Waals surface area (Å²) in [4.78, 5) is 46.4. The Balaban J connectivity index is 1.11. The van der Waals surface area contributed by atoms with E-state index >= 15 is 0 Å². The quantitative estimate of drug-likeness (QED) is 0.0754. The van der Waals surface area contributed by atoms with Crippen LogP contribution in [0.1, 0.15) is 109 Å². The summed E-state index contributed by atoms with van der Waals surface area (Å²) in [6, 6.07) is 40.7. The van der Waals surface area contributed by atoms with E-state index in [1.807, 2.05) is 72.8 Å². The topological polar surface area (TPSA) is 76.1 Å². The fourth-order valence-corrected chi connectivity index (χ4v) is 9.85. The van der Waals surface area contributed by atoms with Gasteiger partial charge in [-0.3, -0.25) is 14.5 Å². The van der Waals surface area contributed by atoms with Crippen LogP contribution in [0.25, 0.3) is 11.1 Å². The van der Waals surface area contributed by atoms with Gasteiger partial charge in [-0.05, 0) is 71.9 Å².